The predicted octanol–water partition coefficient (Wildman–Crippen LogP) is 2.72. The average molecular weight is 300 g/mol. The summed E-state index contributed by atoms with van der Waals surface area (Å²) in [5.74, 6) is 2.76. The van der Waals surface area contributed by atoms with Gasteiger partial charge in [-0.2, -0.15) is 0 Å². The van der Waals surface area contributed by atoms with E-state index in [1.807, 2.05) is 0 Å². The summed E-state index contributed by atoms with van der Waals surface area (Å²) in [5, 5.41) is 13.5. The van der Waals surface area contributed by atoms with Crippen molar-refractivity contribution in [1.82, 2.24) is 0 Å². The van der Waals surface area contributed by atoms with Gasteiger partial charge in [-0.05, 0) is 63.2 Å². The Labute approximate surface area is 134 Å². The number of aliphatic hydroxyl groups excluding tert-OH is 1. The molecule has 2 nitrogen and oxygen atoms in total. The lowest BCUT2D eigenvalue weighted by Crippen LogP contribution is -2.91. The molecule has 4 saturated carbocycles. The molecule has 1 aromatic rings. The standard InChI is InChI=1S/C20H29NO/c1-14(21-13-15-5-3-2-4-6-15)19(22)20-10-16-7-17(11-20)9-18(8-16)12-20/h2-6,14,16-19,21-22H,7-13H2,1H3/p+1/t14-,16?,17?,18?,19-,20?/m0/s1. The largest absolute Gasteiger partial charge is 0.386 e. The number of nitrogens with two attached hydrogens (primary N) is 1. The quantitative estimate of drug-likeness (QED) is 0.862. The molecular weight excluding hydrogens is 270 g/mol. The molecule has 4 aliphatic rings. The highest BCUT2D eigenvalue weighted by molar-refractivity contribution is 5.13. The summed E-state index contributed by atoms with van der Waals surface area (Å²) < 4.78 is 0. The molecule has 5 rings (SSSR count). The van der Waals surface area contributed by atoms with E-state index >= 15 is 0 Å². The molecule has 3 N–H and O–H groups in total. The van der Waals surface area contributed by atoms with Crippen LogP contribution in [0.5, 0.6) is 0 Å². The SMILES string of the molecule is C[C@H]([NH2+]Cc1ccccc1)[C@H](O)C12CC3CC(CC(C3)C1)C2. The van der Waals surface area contributed by atoms with Crippen LogP contribution < -0.4 is 5.32 Å². The van der Waals surface area contributed by atoms with E-state index in [9.17, 15) is 5.11 Å². The van der Waals surface area contributed by atoms with Crippen LogP contribution >= 0.6 is 0 Å². The Morgan fingerprint density at radius 1 is 1.05 bits per heavy atom. The van der Waals surface area contributed by atoms with Crippen molar-refractivity contribution in [2.24, 2.45) is 23.2 Å². The third-order valence-corrected chi connectivity index (χ3v) is 6.78. The van der Waals surface area contributed by atoms with Crippen molar-refractivity contribution in [2.75, 3.05) is 0 Å². The smallest absolute Gasteiger partial charge is 0.111 e. The number of hydrogen-bond donors (Lipinski definition) is 2. The second-order valence-corrected chi connectivity index (χ2v) is 8.51. The maximum absolute atomic E-state index is 11.1. The van der Waals surface area contributed by atoms with Gasteiger partial charge in [0, 0.05) is 11.0 Å². The first-order valence-electron chi connectivity index (χ1n) is 9.20. The van der Waals surface area contributed by atoms with Crippen LogP contribution in [-0.2, 0) is 6.54 Å². The fourth-order valence-corrected chi connectivity index (χ4v) is 6.16. The molecule has 0 aromatic heterocycles. The molecule has 4 fully saturated rings. The number of quaternary nitrogens is 1. The third kappa shape index (κ3) is 2.61. The van der Waals surface area contributed by atoms with Crippen molar-refractivity contribution >= 4 is 0 Å². The second-order valence-electron chi connectivity index (χ2n) is 8.51. The van der Waals surface area contributed by atoms with Gasteiger partial charge in [0.2, 0.25) is 0 Å². The summed E-state index contributed by atoms with van der Waals surface area (Å²) in [4.78, 5) is 0. The van der Waals surface area contributed by atoms with Crippen molar-refractivity contribution in [1.29, 1.82) is 0 Å². The molecule has 0 heterocycles. The van der Waals surface area contributed by atoms with E-state index in [4.69, 9.17) is 0 Å². The van der Waals surface area contributed by atoms with Crippen molar-refractivity contribution in [3.05, 3.63) is 35.9 Å². The maximum atomic E-state index is 11.1. The highest BCUT2D eigenvalue weighted by Gasteiger charge is 2.55. The summed E-state index contributed by atoms with van der Waals surface area (Å²) in [6.07, 6.45) is 8.11. The van der Waals surface area contributed by atoms with Gasteiger partial charge in [0.1, 0.15) is 18.7 Å². The molecule has 2 heteroatoms. The number of hydrogen-bond acceptors (Lipinski definition) is 1. The van der Waals surface area contributed by atoms with Gasteiger partial charge in [0.05, 0.1) is 0 Å². The molecule has 22 heavy (non-hydrogen) atoms. The Balaban J connectivity index is 1.41. The normalized spacial score (nSPS) is 38.9. The van der Waals surface area contributed by atoms with Crippen LogP contribution in [0.15, 0.2) is 30.3 Å². The molecule has 2 atom stereocenters. The van der Waals surface area contributed by atoms with Crippen LogP contribution in [0.25, 0.3) is 0 Å². The van der Waals surface area contributed by atoms with Gasteiger partial charge < -0.3 is 10.4 Å². The Bertz CT molecular complexity index is 476. The van der Waals surface area contributed by atoms with Crippen LogP contribution in [0.1, 0.15) is 51.0 Å². The van der Waals surface area contributed by atoms with Crippen LogP contribution in [-0.4, -0.2) is 17.3 Å². The van der Waals surface area contributed by atoms with Crippen molar-refractivity contribution in [2.45, 2.75) is 64.1 Å². The van der Waals surface area contributed by atoms with Gasteiger partial charge in [-0.15, -0.1) is 0 Å². The van der Waals surface area contributed by atoms with Gasteiger partial charge in [0.25, 0.3) is 0 Å². The van der Waals surface area contributed by atoms with E-state index in [2.05, 4.69) is 42.6 Å². The molecule has 0 saturated heterocycles. The Morgan fingerprint density at radius 3 is 2.14 bits per heavy atom. The van der Waals surface area contributed by atoms with Crippen molar-refractivity contribution < 1.29 is 10.4 Å². The molecule has 0 spiro atoms. The van der Waals surface area contributed by atoms with Crippen LogP contribution in [0, 0.1) is 23.2 Å². The van der Waals surface area contributed by atoms with Gasteiger partial charge in [-0.25, -0.2) is 0 Å². The zero-order chi connectivity index (χ0) is 15.2. The van der Waals surface area contributed by atoms with Crippen molar-refractivity contribution in [3.63, 3.8) is 0 Å². The summed E-state index contributed by atoms with van der Waals surface area (Å²) in [5.41, 5.74) is 1.61. The minimum Gasteiger partial charge on any atom is -0.386 e. The summed E-state index contributed by atoms with van der Waals surface area (Å²) in [7, 11) is 0. The molecule has 4 aliphatic carbocycles. The number of rotatable bonds is 5. The number of aliphatic hydroxyl groups is 1. The molecule has 0 radical (unpaired) electrons. The fraction of sp³-hybridized carbons (Fsp3) is 0.700. The molecule has 120 valence electrons. The van der Waals surface area contributed by atoms with Gasteiger partial charge in [-0.1, -0.05) is 30.3 Å². The predicted molar refractivity (Wildman–Crippen MR) is 88.1 cm³/mol. The average Bonchev–Trinajstić information content (AvgIpc) is 2.51. The zero-order valence-corrected chi connectivity index (χ0v) is 13.7. The van der Waals surface area contributed by atoms with Crippen LogP contribution in [0.2, 0.25) is 0 Å². The topological polar surface area (TPSA) is 36.8 Å². The Hall–Kier alpha value is -0.860. The molecule has 4 bridgehead atoms. The zero-order valence-electron chi connectivity index (χ0n) is 13.7. The van der Waals surface area contributed by atoms with E-state index in [0.717, 1.165) is 24.3 Å². The lowest BCUT2D eigenvalue weighted by atomic mass is 9.47. The third-order valence-electron chi connectivity index (χ3n) is 6.78. The number of benzene rings is 1. The fourth-order valence-electron chi connectivity index (χ4n) is 6.16. The summed E-state index contributed by atoms with van der Waals surface area (Å²) >= 11 is 0. The van der Waals surface area contributed by atoms with E-state index in [1.54, 1.807) is 0 Å². The van der Waals surface area contributed by atoms with E-state index < -0.39 is 0 Å². The minimum atomic E-state index is -0.135. The van der Waals surface area contributed by atoms with E-state index in [-0.39, 0.29) is 11.5 Å². The maximum Gasteiger partial charge on any atom is 0.111 e. The monoisotopic (exact) mass is 300 g/mol. The summed E-state index contributed by atoms with van der Waals surface area (Å²) in [6, 6.07) is 10.9. The molecular formula is C20H30NO+. The molecule has 0 amide bonds. The molecule has 0 aliphatic heterocycles. The Morgan fingerprint density at radius 2 is 1.59 bits per heavy atom. The second kappa shape index (κ2) is 5.65. The van der Waals surface area contributed by atoms with Gasteiger partial charge >= 0.3 is 0 Å². The summed E-state index contributed by atoms with van der Waals surface area (Å²) in [6.45, 7) is 3.21. The minimum absolute atomic E-state index is 0.135. The highest BCUT2D eigenvalue weighted by atomic mass is 16.3. The Kier molecular flexibility index (Phi) is 3.78. The van der Waals surface area contributed by atoms with Crippen LogP contribution in [0.4, 0.5) is 0 Å². The van der Waals surface area contributed by atoms with E-state index in [1.165, 1.54) is 44.1 Å². The van der Waals surface area contributed by atoms with Crippen molar-refractivity contribution in [3.8, 4) is 0 Å². The van der Waals surface area contributed by atoms with Gasteiger partial charge in [-0.3, -0.25) is 0 Å². The lowest BCUT2D eigenvalue weighted by molar-refractivity contribution is -0.710. The van der Waals surface area contributed by atoms with Gasteiger partial charge in [0.15, 0.2) is 0 Å². The molecule has 1 aromatic carbocycles. The first kappa shape index (κ1) is 14.7. The first-order valence-corrected chi connectivity index (χ1v) is 9.20. The van der Waals surface area contributed by atoms with Crippen LogP contribution in [0.3, 0.4) is 0 Å². The van der Waals surface area contributed by atoms with E-state index in [0.29, 0.717) is 6.04 Å². The highest BCUT2D eigenvalue weighted by Crippen LogP contribution is 2.61. The molecule has 0 unspecified atom stereocenters. The first-order chi connectivity index (χ1) is 10.6. The lowest BCUT2D eigenvalue weighted by Gasteiger charge is -2.58.